The molecule has 2 heteroatoms. The van der Waals surface area contributed by atoms with Gasteiger partial charge in [0.2, 0.25) is 0 Å². The Morgan fingerprint density at radius 3 is 1.32 bits per heavy atom. The highest BCUT2D eigenvalue weighted by Gasteiger charge is 1.97. The molecule has 0 radical (unpaired) electrons. The molecule has 0 saturated carbocycles. The van der Waals surface area contributed by atoms with E-state index < -0.39 is 0 Å². The van der Waals surface area contributed by atoms with Crippen molar-refractivity contribution >= 4 is 5.97 Å². The van der Waals surface area contributed by atoms with Gasteiger partial charge in [-0.2, -0.15) is 0 Å². The fraction of sp³-hybridized carbons (Fsp3) is 0.577. The molecule has 0 N–H and O–H groups in total. The van der Waals surface area contributed by atoms with Gasteiger partial charge in [0.15, 0.2) is 0 Å². The summed E-state index contributed by atoms with van der Waals surface area (Å²) in [6.45, 7) is 13.0. The maximum absolute atomic E-state index is 11.2. The van der Waals surface area contributed by atoms with Crippen LogP contribution < -0.4 is 0 Å². The Morgan fingerprint density at radius 1 is 0.607 bits per heavy atom. The molecule has 0 heterocycles. The van der Waals surface area contributed by atoms with E-state index in [1.54, 1.807) is 6.08 Å². The summed E-state index contributed by atoms with van der Waals surface area (Å²) in [5, 5.41) is 0. The number of methoxy groups -OCH3 is 1. The second kappa shape index (κ2) is 16.2. The number of rotatable bonds is 13. The maximum atomic E-state index is 11.2. The Hall–Kier alpha value is -1.83. The zero-order valence-electron chi connectivity index (χ0n) is 19.4. The molecule has 0 aromatic carbocycles. The molecule has 0 aliphatic heterocycles. The molecule has 2 nitrogen and oxygen atoms in total. The molecule has 158 valence electrons. The van der Waals surface area contributed by atoms with Crippen LogP contribution in [0.1, 0.15) is 92.9 Å². The Kier molecular flexibility index (Phi) is 15.1. The second-order valence-corrected chi connectivity index (χ2v) is 8.10. The quantitative estimate of drug-likeness (QED) is 0.182. The Morgan fingerprint density at radius 2 is 0.964 bits per heavy atom. The molecule has 28 heavy (non-hydrogen) atoms. The molecule has 0 atom stereocenters. The summed E-state index contributed by atoms with van der Waals surface area (Å²) in [5.74, 6) is -0.267. The lowest BCUT2D eigenvalue weighted by atomic mass is 10.0. The standard InChI is InChI=1S/C26H42O2/c1-21(2)12-8-13-22(3)14-9-15-23(4)16-10-17-24(5)18-11-19-25(6)20-26(27)28-7/h12,14,16,18,20H,8-11,13,15,17,19H2,1-7H3/b22-14+,23-16+,24-18+,25-20+. The molecule has 0 amide bonds. The summed E-state index contributed by atoms with van der Waals surface area (Å²) in [7, 11) is 1.41. The van der Waals surface area contributed by atoms with Gasteiger partial charge in [-0.3, -0.25) is 0 Å². The molecular weight excluding hydrogens is 344 g/mol. The number of carbonyl (C=O) groups is 1. The van der Waals surface area contributed by atoms with Crippen molar-refractivity contribution in [2.24, 2.45) is 0 Å². The van der Waals surface area contributed by atoms with E-state index in [1.165, 1.54) is 35.8 Å². The largest absolute Gasteiger partial charge is 0.466 e. The van der Waals surface area contributed by atoms with Crippen LogP contribution in [-0.4, -0.2) is 13.1 Å². The smallest absolute Gasteiger partial charge is 0.330 e. The van der Waals surface area contributed by atoms with Crippen molar-refractivity contribution < 1.29 is 9.53 Å². The molecule has 0 aliphatic rings. The first kappa shape index (κ1) is 26.2. The number of hydrogen-bond donors (Lipinski definition) is 0. The topological polar surface area (TPSA) is 26.3 Å². The first-order chi connectivity index (χ1) is 13.2. The summed E-state index contributed by atoms with van der Waals surface area (Å²) in [4.78, 5) is 11.2. The fourth-order valence-electron chi connectivity index (χ4n) is 2.87. The normalized spacial score (nSPS) is 13.5. The van der Waals surface area contributed by atoms with Gasteiger partial charge in [0.25, 0.3) is 0 Å². The average Bonchev–Trinajstić information content (AvgIpc) is 2.61. The zero-order valence-corrected chi connectivity index (χ0v) is 19.4. The van der Waals surface area contributed by atoms with E-state index in [0.717, 1.165) is 50.5 Å². The van der Waals surface area contributed by atoms with Crippen molar-refractivity contribution in [2.75, 3.05) is 7.11 Å². The average molecular weight is 387 g/mol. The van der Waals surface area contributed by atoms with Crippen LogP contribution >= 0.6 is 0 Å². The van der Waals surface area contributed by atoms with E-state index in [9.17, 15) is 4.79 Å². The molecule has 0 aromatic heterocycles. The van der Waals surface area contributed by atoms with Crippen LogP contribution in [0.25, 0.3) is 0 Å². The van der Waals surface area contributed by atoms with Crippen LogP contribution in [0.5, 0.6) is 0 Å². The molecule has 0 spiro atoms. The second-order valence-electron chi connectivity index (χ2n) is 8.10. The number of ether oxygens (including phenoxy) is 1. The van der Waals surface area contributed by atoms with Crippen LogP contribution in [0.4, 0.5) is 0 Å². The lowest BCUT2D eigenvalue weighted by Gasteiger charge is -2.03. The Balaban J connectivity index is 4.11. The summed E-state index contributed by atoms with van der Waals surface area (Å²) in [5.41, 5.74) is 6.88. The molecule has 0 rings (SSSR count). The monoisotopic (exact) mass is 386 g/mol. The highest BCUT2D eigenvalue weighted by atomic mass is 16.5. The molecule has 0 aliphatic carbocycles. The highest BCUT2D eigenvalue weighted by molar-refractivity contribution is 5.82. The molecule has 0 aromatic rings. The Bertz CT molecular complexity index is 608. The SMILES string of the molecule is COC(=O)/C=C(\C)CC/C=C(\C)CC/C=C(\C)CC/C=C(\C)CCC=C(C)C. The lowest BCUT2D eigenvalue weighted by Crippen LogP contribution is -1.95. The molecule has 0 unspecified atom stereocenters. The van der Waals surface area contributed by atoms with Gasteiger partial charge in [0.05, 0.1) is 7.11 Å². The Labute approximate surface area is 174 Å². The first-order valence-electron chi connectivity index (χ1n) is 10.6. The van der Waals surface area contributed by atoms with Gasteiger partial charge in [-0.05, 0) is 92.9 Å². The minimum absolute atomic E-state index is 0.267. The van der Waals surface area contributed by atoms with E-state index >= 15 is 0 Å². The van der Waals surface area contributed by atoms with Crippen molar-refractivity contribution in [3.05, 3.63) is 58.2 Å². The number of esters is 1. The number of carbonyl (C=O) groups excluding carboxylic acids is 1. The van der Waals surface area contributed by atoms with Crippen molar-refractivity contribution in [1.29, 1.82) is 0 Å². The predicted molar refractivity (Wildman–Crippen MR) is 123 cm³/mol. The molecule has 0 fully saturated rings. The third-order valence-corrected chi connectivity index (χ3v) is 4.75. The third-order valence-electron chi connectivity index (χ3n) is 4.75. The van der Waals surface area contributed by atoms with E-state index in [1.807, 2.05) is 6.92 Å². The fourth-order valence-corrected chi connectivity index (χ4v) is 2.87. The van der Waals surface area contributed by atoms with Gasteiger partial charge in [-0.15, -0.1) is 0 Å². The van der Waals surface area contributed by atoms with Crippen LogP contribution in [0.15, 0.2) is 58.2 Å². The van der Waals surface area contributed by atoms with Crippen molar-refractivity contribution in [3.8, 4) is 0 Å². The number of hydrogen-bond acceptors (Lipinski definition) is 2. The minimum atomic E-state index is -0.267. The number of allylic oxidation sites excluding steroid dienone is 9. The molecule has 0 bridgehead atoms. The maximum Gasteiger partial charge on any atom is 0.330 e. The van der Waals surface area contributed by atoms with Gasteiger partial charge in [-0.25, -0.2) is 4.79 Å². The van der Waals surface area contributed by atoms with Crippen molar-refractivity contribution in [1.82, 2.24) is 0 Å². The minimum Gasteiger partial charge on any atom is -0.466 e. The van der Waals surface area contributed by atoms with Gasteiger partial charge in [0.1, 0.15) is 0 Å². The lowest BCUT2D eigenvalue weighted by molar-refractivity contribution is -0.134. The molecular formula is C26H42O2. The zero-order chi connectivity index (χ0) is 21.4. The van der Waals surface area contributed by atoms with Crippen molar-refractivity contribution in [2.45, 2.75) is 92.9 Å². The van der Waals surface area contributed by atoms with E-state index in [2.05, 4.69) is 63.7 Å². The molecule has 0 saturated heterocycles. The highest BCUT2D eigenvalue weighted by Crippen LogP contribution is 2.14. The first-order valence-corrected chi connectivity index (χ1v) is 10.6. The van der Waals surface area contributed by atoms with Crippen LogP contribution in [0.2, 0.25) is 0 Å². The summed E-state index contributed by atoms with van der Waals surface area (Å²) >= 11 is 0. The van der Waals surface area contributed by atoms with Gasteiger partial charge >= 0.3 is 5.97 Å². The van der Waals surface area contributed by atoms with Crippen LogP contribution in [0, 0.1) is 0 Å². The van der Waals surface area contributed by atoms with Gasteiger partial charge in [-0.1, -0.05) is 52.2 Å². The van der Waals surface area contributed by atoms with Crippen LogP contribution in [0.3, 0.4) is 0 Å². The summed E-state index contributed by atoms with van der Waals surface area (Å²) < 4.78 is 4.65. The summed E-state index contributed by atoms with van der Waals surface area (Å²) in [6, 6.07) is 0. The van der Waals surface area contributed by atoms with Gasteiger partial charge in [0, 0.05) is 6.08 Å². The van der Waals surface area contributed by atoms with Crippen molar-refractivity contribution in [3.63, 3.8) is 0 Å². The van der Waals surface area contributed by atoms with E-state index in [-0.39, 0.29) is 5.97 Å². The summed E-state index contributed by atoms with van der Waals surface area (Å²) in [6.07, 6.45) is 19.7. The van der Waals surface area contributed by atoms with Gasteiger partial charge < -0.3 is 4.74 Å². The van der Waals surface area contributed by atoms with E-state index in [0.29, 0.717) is 0 Å². The van der Waals surface area contributed by atoms with Crippen LogP contribution in [-0.2, 0) is 9.53 Å². The predicted octanol–water partition coefficient (Wildman–Crippen LogP) is 8.03. The third kappa shape index (κ3) is 16.4. The van der Waals surface area contributed by atoms with E-state index in [4.69, 9.17) is 0 Å².